The number of rotatable bonds is 5. The van der Waals surface area contributed by atoms with Gasteiger partial charge in [-0.25, -0.2) is 0 Å². The monoisotopic (exact) mass is 515 g/mol. The number of para-hydroxylation sites is 3. The molecule has 4 aromatic rings. The standard InChI is InChI=1S/C26H24NOP.2ClH.Ti/c1-19-11-10-18-24(25(19)28)29-26-20(2)12-9-17-23(26)27(21-13-5-3-6-14-21)22-15-7-4-8-16-22;;;/h3-18,28-29H,1-2H3;2*1H;/q;;;+2/p-2. The SMILES string of the molecule is Cc1cccc(Pc2c(C)cccc2N(c2ccccc2)c2ccccc2)c1O.[Cl][Ti][Cl]. The summed E-state index contributed by atoms with van der Waals surface area (Å²) in [6.07, 6.45) is 0. The second-order valence-corrected chi connectivity index (χ2v) is 11.0. The Balaban J connectivity index is 0.000000913. The number of benzene rings is 4. The molecule has 0 aromatic heterocycles. The molecule has 1 atom stereocenters. The van der Waals surface area contributed by atoms with Gasteiger partial charge in [-0.1, -0.05) is 75.3 Å². The van der Waals surface area contributed by atoms with Crippen LogP contribution in [0.4, 0.5) is 17.1 Å². The van der Waals surface area contributed by atoms with Crippen molar-refractivity contribution in [2.75, 3.05) is 4.90 Å². The van der Waals surface area contributed by atoms with Gasteiger partial charge in [-0.05, 0) is 55.3 Å². The first-order valence-electron chi connectivity index (χ1n) is 10.1. The number of phenolic OH excluding ortho intramolecular Hbond substituents is 1. The van der Waals surface area contributed by atoms with Crippen molar-refractivity contribution in [1.82, 2.24) is 0 Å². The maximum absolute atomic E-state index is 10.6. The van der Waals surface area contributed by atoms with Gasteiger partial charge in [0.25, 0.3) is 0 Å². The zero-order chi connectivity index (χ0) is 22.9. The van der Waals surface area contributed by atoms with E-state index in [1.54, 1.807) is 0 Å². The summed E-state index contributed by atoms with van der Waals surface area (Å²) in [5, 5.41) is 12.8. The van der Waals surface area contributed by atoms with Crippen molar-refractivity contribution in [3.05, 3.63) is 108 Å². The van der Waals surface area contributed by atoms with Gasteiger partial charge >= 0.3 is 35.6 Å². The Labute approximate surface area is 208 Å². The van der Waals surface area contributed by atoms with Crippen molar-refractivity contribution in [2.45, 2.75) is 13.8 Å². The summed E-state index contributed by atoms with van der Waals surface area (Å²) >= 11 is -0.556. The van der Waals surface area contributed by atoms with Crippen LogP contribution in [-0.2, 0) is 17.0 Å². The van der Waals surface area contributed by atoms with E-state index < -0.39 is 17.0 Å². The molecule has 0 aliphatic heterocycles. The molecular formula is C26H24Cl2NOPTi. The maximum atomic E-state index is 10.6. The molecule has 4 aromatic carbocycles. The number of halogens is 2. The third-order valence-corrected chi connectivity index (χ3v) is 6.59. The van der Waals surface area contributed by atoms with Crippen LogP contribution in [-0.4, -0.2) is 5.11 Å². The molecule has 0 radical (unpaired) electrons. The number of phenols is 1. The van der Waals surface area contributed by atoms with Crippen molar-refractivity contribution in [1.29, 1.82) is 0 Å². The Morgan fingerprint density at radius 1 is 0.688 bits per heavy atom. The molecule has 162 valence electrons. The Morgan fingerprint density at radius 2 is 1.19 bits per heavy atom. The van der Waals surface area contributed by atoms with Crippen LogP contribution in [0, 0.1) is 13.8 Å². The third kappa shape index (κ3) is 6.16. The number of aryl methyl sites for hydroxylation is 2. The van der Waals surface area contributed by atoms with Crippen LogP contribution in [0.15, 0.2) is 97.1 Å². The molecule has 1 unspecified atom stereocenters. The first-order chi connectivity index (χ1) is 15.6. The Morgan fingerprint density at radius 3 is 1.75 bits per heavy atom. The summed E-state index contributed by atoms with van der Waals surface area (Å²) < 4.78 is 0. The molecule has 0 heterocycles. The van der Waals surface area contributed by atoms with Gasteiger partial charge < -0.3 is 10.0 Å². The molecule has 0 bridgehead atoms. The van der Waals surface area contributed by atoms with E-state index in [1.165, 1.54) is 10.9 Å². The quantitative estimate of drug-likeness (QED) is 0.220. The van der Waals surface area contributed by atoms with Gasteiger partial charge in [-0.15, -0.1) is 0 Å². The van der Waals surface area contributed by atoms with E-state index in [-0.39, 0.29) is 0 Å². The van der Waals surface area contributed by atoms with Crippen molar-refractivity contribution >= 4 is 54.9 Å². The molecule has 1 N–H and O–H groups in total. The van der Waals surface area contributed by atoms with E-state index >= 15 is 0 Å². The number of hydrogen-bond donors (Lipinski definition) is 1. The van der Waals surface area contributed by atoms with E-state index in [4.69, 9.17) is 18.6 Å². The van der Waals surface area contributed by atoms with Crippen molar-refractivity contribution < 1.29 is 22.1 Å². The molecule has 0 saturated carbocycles. The zero-order valence-electron chi connectivity index (χ0n) is 17.9. The fourth-order valence-electron chi connectivity index (χ4n) is 3.48. The Hall–Kier alpha value is -1.80. The van der Waals surface area contributed by atoms with E-state index in [1.807, 2.05) is 37.3 Å². The van der Waals surface area contributed by atoms with Crippen LogP contribution >= 0.6 is 27.2 Å². The topological polar surface area (TPSA) is 23.5 Å². The molecule has 0 saturated heterocycles. The summed E-state index contributed by atoms with van der Waals surface area (Å²) in [7, 11) is 10.1. The predicted octanol–water partition coefficient (Wildman–Crippen LogP) is 7.48. The second-order valence-electron chi connectivity index (χ2n) is 7.14. The summed E-state index contributed by atoms with van der Waals surface area (Å²) in [4.78, 5) is 2.29. The number of anilines is 3. The van der Waals surface area contributed by atoms with E-state index in [9.17, 15) is 5.11 Å². The van der Waals surface area contributed by atoms with Gasteiger partial charge in [0.1, 0.15) is 5.75 Å². The van der Waals surface area contributed by atoms with Crippen molar-refractivity contribution in [3.8, 4) is 5.75 Å². The molecule has 0 aliphatic carbocycles. The molecule has 32 heavy (non-hydrogen) atoms. The van der Waals surface area contributed by atoms with Gasteiger partial charge in [-0.3, -0.25) is 0 Å². The summed E-state index contributed by atoms with van der Waals surface area (Å²) in [5.41, 5.74) is 5.50. The van der Waals surface area contributed by atoms with Crippen LogP contribution in [0.1, 0.15) is 11.1 Å². The minimum absolute atomic E-state index is 0.361. The molecule has 0 spiro atoms. The predicted molar refractivity (Wildman–Crippen MR) is 138 cm³/mol. The average molecular weight is 516 g/mol. The number of nitrogens with zero attached hydrogens (tertiary/aromatic N) is 1. The summed E-state index contributed by atoms with van der Waals surface area (Å²) in [6, 6.07) is 33.3. The van der Waals surface area contributed by atoms with Gasteiger partial charge in [0, 0.05) is 22.0 Å². The molecule has 0 amide bonds. The van der Waals surface area contributed by atoms with Gasteiger partial charge in [0.05, 0.1) is 5.69 Å². The first kappa shape index (κ1) is 24.8. The van der Waals surface area contributed by atoms with Gasteiger partial charge in [0.15, 0.2) is 0 Å². The minimum atomic E-state index is -0.556. The Kier molecular flexibility index (Phi) is 9.66. The van der Waals surface area contributed by atoms with Crippen LogP contribution in [0.25, 0.3) is 0 Å². The average Bonchev–Trinajstić information content (AvgIpc) is 2.81. The van der Waals surface area contributed by atoms with Crippen LogP contribution in [0.3, 0.4) is 0 Å². The fourth-order valence-corrected chi connectivity index (χ4v) is 4.85. The molecule has 0 fully saturated rings. The van der Waals surface area contributed by atoms with Crippen LogP contribution < -0.4 is 15.5 Å². The van der Waals surface area contributed by atoms with E-state index in [0.29, 0.717) is 14.3 Å². The van der Waals surface area contributed by atoms with Gasteiger partial charge in [-0.2, -0.15) is 0 Å². The third-order valence-electron chi connectivity index (χ3n) is 5.02. The molecular weight excluding hydrogens is 492 g/mol. The fraction of sp³-hybridized carbons (Fsp3) is 0.0769. The Bertz CT molecular complexity index is 1100. The van der Waals surface area contributed by atoms with Gasteiger partial charge in [0.2, 0.25) is 0 Å². The molecule has 4 rings (SSSR count). The summed E-state index contributed by atoms with van der Waals surface area (Å²) in [5.74, 6) is 0.394. The number of aromatic hydroxyl groups is 1. The van der Waals surface area contributed by atoms with E-state index in [0.717, 1.165) is 27.9 Å². The first-order valence-corrected chi connectivity index (χ1v) is 15.4. The number of hydrogen-bond acceptors (Lipinski definition) is 2. The summed E-state index contributed by atoms with van der Waals surface area (Å²) in [6.45, 7) is 4.09. The molecule has 0 aliphatic rings. The molecule has 2 nitrogen and oxygen atoms in total. The van der Waals surface area contributed by atoms with Crippen LogP contribution in [0.5, 0.6) is 5.75 Å². The molecule has 6 heteroatoms. The second kappa shape index (κ2) is 12.4. The normalized spacial score (nSPS) is 10.5. The van der Waals surface area contributed by atoms with Crippen LogP contribution in [0.2, 0.25) is 0 Å². The zero-order valence-corrected chi connectivity index (χ0v) is 22.0. The van der Waals surface area contributed by atoms with Crippen molar-refractivity contribution in [2.24, 2.45) is 0 Å². The van der Waals surface area contributed by atoms with Crippen molar-refractivity contribution in [3.63, 3.8) is 0 Å². The van der Waals surface area contributed by atoms with E-state index in [2.05, 4.69) is 78.6 Å².